The molecule has 1 aromatic heterocycles. The molecule has 1 aromatic rings. The van der Waals surface area contributed by atoms with Gasteiger partial charge in [-0.3, -0.25) is 4.98 Å². The number of nitrogens with zero attached hydrogens (tertiary/aromatic N) is 2. The molecule has 0 unspecified atom stereocenters. The largest absolute Gasteiger partial charge is 0.336 e. The Morgan fingerprint density at radius 2 is 1.79 bits per heavy atom. The standard InChI is InChI=1S/C8H13N3O3/c1-4-10-6(12)9-7(13)11(5(2)3)8(10)14/h5H,4H2,1-3H3,(H,9,12,13). The maximum absolute atomic E-state index is 11.6. The van der Waals surface area contributed by atoms with Gasteiger partial charge in [-0.15, -0.1) is 0 Å². The first-order chi connectivity index (χ1) is 6.49. The van der Waals surface area contributed by atoms with Gasteiger partial charge < -0.3 is 0 Å². The van der Waals surface area contributed by atoms with Crippen molar-refractivity contribution in [2.45, 2.75) is 33.4 Å². The number of aromatic nitrogens is 3. The Morgan fingerprint density at radius 1 is 1.21 bits per heavy atom. The fourth-order valence-electron chi connectivity index (χ4n) is 1.26. The van der Waals surface area contributed by atoms with Gasteiger partial charge in [0.15, 0.2) is 0 Å². The Hall–Kier alpha value is -1.59. The predicted octanol–water partition coefficient (Wildman–Crippen LogP) is -0.701. The topological polar surface area (TPSA) is 76.9 Å². The van der Waals surface area contributed by atoms with Gasteiger partial charge in [-0.25, -0.2) is 23.5 Å². The van der Waals surface area contributed by atoms with Crippen molar-refractivity contribution in [1.82, 2.24) is 14.1 Å². The summed E-state index contributed by atoms with van der Waals surface area (Å²) in [5.74, 6) is 0. The highest BCUT2D eigenvalue weighted by atomic mass is 16.2. The Labute approximate surface area is 79.8 Å². The molecule has 0 aromatic carbocycles. The van der Waals surface area contributed by atoms with Crippen molar-refractivity contribution in [3.8, 4) is 0 Å². The zero-order valence-electron chi connectivity index (χ0n) is 8.40. The van der Waals surface area contributed by atoms with E-state index in [-0.39, 0.29) is 12.6 Å². The first-order valence-electron chi connectivity index (χ1n) is 4.44. The highest BCUT2D eigenvalue weighted by molar-refractivity contribution is 4.76. The van der Waals surface area contributed by atoms with Gasteiger partial charge in [0, 0.05) is 12.6 Å². The molecular weight excluding hydrogens is 186 g/mol. The second-order valence-corrected chi connectivity index (χ2v) is 3.23. The van der Waals surface area contributed by atoms with Gasteiger partial charge in [0.2, 0.25) is 0 Å². The first kappa shape index (κ1) is 10.5. The van der Waals surface area contributed by atoms with Crippen LogP contribution in [0, 0.1) is 0 Å². The normalized spacial score (nSPS) is 10.9. The summed E-state index contributed by atoms with van der Waals surface area (Å²) in [5.41, 5.74) is -1.87. The van der Waals surface area contributed by atoms with Crippen LogP contribution in [0.2, 0.25) is 0 Å². The smallest absolute Gasteiger partial charge is 0.259 e. The number of aromatic amines is 1. The van der Waals surface area contributed by atoms with E-state index in [1.54, 1.807) is 20.8 Å². The molecule has 0 aliphatic rings. The van der Waals surface area contributed by atoms with Crippen LogP contribution in [0.1, 0.15) is 26.8 Å². The molecule has 6 nitrogen and oxygen atoms in total. The van der Waals surface area contributed by atoms with Crippen molar-refractivity contribution in [1.29, 1.82) is 0 Å². The molecule has 0 fully saturated rings. The molecular formula is C8H13N3O3. The second-order valence-electron chi connectivity index (χ2n) is 3.23. The minimum Gasteiger partial charge on any atom is -0.259 e. The van der Waals surface area contributed by atoms with Gasteiger partial charge in [-0.1, -0.05) is 0 Å². The van der Waals surface area contributed by atoms with Crippen LogP contribution in [-0.4, -0.2) is 14.1 Å². The molecule has 0 saturated carbocycles. The van der Waals surface area contributed by atoms with Crippen LogP contribution >= 0.6 is 0 Å². The molecule has 0 amide bonds. The summed E-state index contributed by atoms with van der Waals surface area (Å²) in [6.45, 7) is 5.34. The third kappa shape index (κ3) is 1.55. The lowest BCUT2D eigenvalue weighted by atomic mass is 10.4. The molecule has 0 bridgehead atoms. The summed E-state index contributed by atoms with van der Waals surface area (Å²) in [5, 5.41) is 0. The van der Waals surface area contributed by atoms with E-state index in [0.29, 0.717) is 0 Å². The van der Waals surface area contributed by atoms with E-state index in [2.05, 4.69) is 4.98 Å². The fourth-order valence-corrected chi connectivity index (χ4v) is 1.26. The highest BCUT2D eigenvalue weighted by Crippen LogP contribution is 1.91. The van der Waals surface area contributed by atoms with Gasteiger partial charge >= 0.3 is 17.1 Å². The predicted molar refractivity (Wildman–Crippen MR) is 51.6 cm³/mol. The molecule has 14 heavy (non-hydrogen) atoms. The minimum absolute atomic E-state index is 0.251. The second kappa shape index (κ2) is 3.65. The number of H-pyrrole nitrogens is 1. The summed E-state index contributed by atoms with van der Waals surface area (Å²) in [6, 6.07) is -0.260. The van der Waals surface area contributed by atoms with E-state index < -0.39 is 17.1 Å². The fraction of sp³-hybridized carbons (Fsp3) is 0.625. The van der Waals surface area contributed by atoms with Crippen LogP contribution in [-0.2, 0) is 6.54 Å². The van der Waals surface area contributed by atoms with E-state index in [1.165, 1.54) is 0 Å². The van der Waals surface area contributed by atoms with E-state index in [0.717, 1.165) is 9.13 Å². The maximum atomic E-state index is 11.6. The van der Waals surface area contributed by atoms with Crippen LogP contribution in [0.15, 0.2) is 14.4 Å². The minimum atomic E-state index is -0.653. The third-order valence-electron chi connectivity index (χ3n) is 1.95. The van der Waals surface area contributed by atoms with Crippen LogP contribution in [0.5, 0.6) is 0 Å². The lowest BCUT2D eigenvalue weighted by Crippen LogP contribution is -2.49. The number of hydrogen-bond acceptors (Lipinski definition) is 3. The van der Waals surface area contributed by atoms with Crippen LogP contribution in [0.3, 0.4) is 0 Å². The summed E-state index contributed by atoms with van der Waals surface area (Å²) >= 11 is 0. The van der Waals surface area contributed by atoms with E-state index in [1.807, 2.05) is 0 Å². The molecule has 0 atom stereocenters. The van der Waals surface area contributed by atoms with Crippen molar-refractivity contribution in [2.75, 3.05) is 0 Å². The Kier molecular flexibility index (Phi) is 2.73. The maximum Gasteiger partial charge on any atom is 0.336 e. The summed E-state index contributed by atoms with van der Waals surface area (Å²) in [6.07, 6.45) is 0. The van der Waals surface area contributed by atoms with E-state index in [9.17, 15) is 14.4 Å². The molecule has 1 rings (SSSR count). The molecule has 0 saturated heterocycles. The average molecular weight is 199 g/mol. The third-order valence-corrected chi connectivity index (χ3v) is 1.95. The van der Waals surface area contributed by atoms with Crippen molar-refractivity contribution < 1.29 is 0 Å². The summed E-state index contributed by atoms with van der Waals surface area (Å²) < 4.78 is 2.01. The molecule has 6 heteroatoms. The Morgan fingerprint density at radius 3 is 2.21 bits per heavy atom. The van der Waals surface area contributed by atoms with Crippen LogP contribution in [0.4, 0.5) is 0 Å². The molecule has 1 heterocycles. The van der Waals surface area contributed by atoms with E-state index in [4.69, 9.17) is 0 Å². The van der Waals surface area contributed by atoms with Crippen LogP contribution in [0.25, 0.3) is 0 Å². The van der Waals surface area contributed by atoms with Gasteiger partial charge in [0.05, 0.1) is 0 Å². The molecule has 0 radical (unpaired) electrons. The first-order valence-corrected chi connectivity index (χ1v) is 4.44. The van der Waals surface area contributed by atoms with Crippen LogP contribution < -0.4 is 17.1 Å². The van der Waals surface area contributed by atoms with Gasteiger partial charge in [0.25, 0.3) is 0 Å². The lowest BCUT2D eigenvalue weighted by Gasteiger charge is -2.09. The summed E-state index contributed by atoms with van der Waals surface area (Å²) in [4.78, 5) is 36.1. The summed E-state index contributed by atoms with van der Waals surface area (Å²) in [7, 11) is 0. The van der Waals surface area contributed by atoms with Gasteiger partial charge in [-0.05, 0) is 20.8 Å². The monoisotopic (exact) mass is 199 g/mol. The molecule has 0 aliphatic heterocycles. The van der Waals surface area contributed by atoms with Crippen molar-refractivity contribution in [3.05, 3.63) is 31.5 Å². The van der Waals surface area contributed by atoms with Crippen molar-refractivity contribution in [3.63, 3.8) is 0 Å². The van der Waals surface area contributed by atoms with Gasteiger partial charge in [0.1, 0.15) is 0 Å². The quantitative estimate of drug-likeness (QED) is 0.684. The Balaban J connectivity index is 3.71. The molecule has 1 N–H and O–H groups in total. The number of nitrogens with one attached hydrogen (secondary N) is 1. The number of rotatable bonds is 2. The SMILES string of the molecule is CCn1c(=O)[nH]c(=O)n(C(C)C)c1=O. The molecule has 78 valence electrons. The average Bonchev–Trinajstić information content (AvgIpc) is 2.02. The molecule has 0 aliphatic carbocycles. The lowest BCUT2D eigenvalue weighted by molar-refractivity contribution is 0.477. The number of hydrogen-bond donors (Lipinski definition) is 1. The zero-order valence-corrected chi connectivity index (χ0v) is 8.40. The van der Waals surface area contributed by atoms with Gasteiger partial charge in [-0.2, -0.15) is 0 Å². The molecule has 0 spiro atoms. The Bertz CT molecular complexity index is 492. The zero-order chi connectivity index (χ0) is 10.9. The highest BCUT2D eigenvalue weighted by Gasteiger charge is 2.10. The van der Waals surface area contributed by atoms with E-state index >= 15 is 0 Å². The van der Waals surface area contributed by atoms with Crippen molar-refractivity contribution >= 4 is 0 Å². The van der Waals surface area contributed by atoms with Crippen molar-refractivity contribution in [2.24, 2.45) is 0 Å².